The van der Waals surface area contributed by atoms with Gasteiger partial charge in [-0.05, 0) is 44.8 Å². The quantitative estimate of drug-likeness (QED) is 0.768. The Balaban J connectivity index is 1.98. The highest BCUT2D eigenvalue weighted by molar-refractivity contribution is 7.12. The van der Waals surface area contributed by atoms with Crippen LogP contribution in [0.1, 0.15) is 40.3 Å². The van der Waals surface area contributed by atoms with E-state index >= 15 is 0 Å². The molecule has 20 heavy (non-hydrogen) atoms. The molecular formula is C15H21N3OS. The number of carbonyl (C=O) groups excluding carboxylic acids is 1. The lowest BCUT2D eigenvalue weighted by molar-refractivity contribution is 0.102. The second-order valence-corrected chi connectivity index (χ2v) is 6.05. The van der Waals surface area contributed by atoms with Gasteiger partial charge in [0.2, 0.25) is 0 Å². The van der Waals surface area contributed by atoms with Crippen LogP contribution in [0.15, 0.2) is 17.6 Å². The van der Waals surface area contributed by atoms with Gasteiger partial charge in [0.1, 0.15) is 0 Å². The predicted octanol–water partition coefficient (Wildman–Crippen LogP) is 3.11. The zero-order valence-electron chi connectivity index (χ0n) is 12.5. The average Bonchev–Trinajstić information content (AvgIpc) is 2.97. The molecule has 2 aromatic heterocycles. The molecule has 2 heterocycles. The summed E-state index contributed by atoms with van der Waals surface area (Å²) in [4.78, 5) is 14.4. The monoisotopic (exact) mass is 291 g/mol. The molecule has 0 aliphatic heterocycles. The summed E-state index contributed by atoms with van der Waals surface area (Å²) in [6, 6.07) is 1.99. The third-order valence-electron chi connectivity index (χ3n) is 3.27. The van der Waals surface area contributed by atoms with Gasteiger partial charge in [-0.15, -0.1) is 11.3 Å². The minimum absolute atomic E-state index is 0.143. The van der Waals surface area contributed by atoms with E-state index in [-0.39, 0.29) is 5.78 Å². The number of nitrogens with zero attached hydrogens (tertiary/aromatic N) is 3. The number of hydrogen-bond acceptors (Lipinski definition) is 4. The van der Waals surface area contributed by atoms with E-state index in [1.165, 1.54) is 22.5 Å². The first-order valence-corrected chi connectivity index (χ1v) is 7.67. The van der Waals surface area contributed by atoms with Crippen LogP contribution in [0, 0.1) is 6.92 Å². The number of ketones is 1. The lowest BCUT2D eigenvalue weighted by atomic mass is 10.2. The van der Waals surface area contributed by atoms with Crippen molar-refractivity contribution in [3.63, 3.8) is 0 Å². The highest BCUT2D eigenvalue weighted by Gasteiger charge is 2.10. The van der Waals surface area contributed by atoms with Crippen LogP contribution in [0.5, 0.6) is 0 Å². The number of aryl methyl sites for hydroxylation is 2. The third kappa shape index (κ3) is 3.55. The number of thiophene rings is 1. The second kappa shape index (κ2) is 6.33. The first kappa shape index (κ1) is 14.9. The van der Waals surface area contributed by atoms with E-state index in [9.17, 15) is 4.79 Å². The molecule has 0 amide bonds. The first-order chi connectivity index (χ1) is 9.49. The molecule has 0 atom stereocenters. The Hall–Kier alpha value is -1.46. The Morgan fingerprint density at radius 1 is 1.45 bits per heavy atom. The van der Waals surface area contributed by atoms with Crippen LogP contribution in [0.3, 0.4) is 0 Å². The molecule has 0 aromatic carbocycles. The fourth-order valence-electron chi connectivity index (χ4n) is 2.18. The normalized spacial score (nSPS) is 11.2. The molecular weight excluding hydrogens is 270 g/mol. The summed E-state index contributed by atoms with van der Waals surface area (Å²) in [5.41, 5.74) is 3.55. The molecule has 0 unspecified atom stereocenters. The molecule has 108 valence electrons. The smallest absolute Gasteiger partial charge is 0.169 e. The molecule has 0 saturated heterocycles. The molecule has 0 N–H and O–H groups in total. The van der Waals surface area contributed by atoms with E-state index in [1.807, 2.05) is 17.7 Å². The molecule has 4 nitrogen and oxygen atoms in total. The Kier molecular flexibility index (Phi) is 4.73. The highest BCUT2D eigenvalue weighted by atomic mass is 32.1. The van der Waals surface area contributed by atoms with Gasteiger partial charge in [0.05, 0.1) is 10.6 Å². The first-order valence-electron chi connectivity index (χ1n) is 6.79. The van der Waals surface area contributed by atoms with Crippen LogP contribution in [0.25, 0.3) is 0 Å². The van der Waals surface area contributed by atoms with Crippen LogP contribution < -0.4 is 0 Å². The van der Waals surface area contributed by atoms with Gasteiger partial charge in [0.25, 0.3) is 0 Å². The van der Waals surface area contributed by atoms with Crippen molar-refractivity contribution in [2.75, 3.05) is 7.05 Å². The summed E-state index contributed by atoms with van der Waals surface area (Å²) in [6.07, 6.45) is 2.11. The van der Waals surface area contributed by atoms with Gasteiger partial charge in [-0.3, -0.25) is 14.4 Å². The average molecular weight is 291 g/mol. The van der Waals surface area contributed by atoms with Gasteiger partial charge in [-0.25, -0.2) is 0 Å². The van der Waals surface area contributed by atoms with Crippen molar-refractivity contribution in [1.29, 1.82) is 0 Å². The van der Waals surface area contributed by atoms with E-state index in [1.54, 1.807) is 6.92 Å². The predicted molar refractivity (Wildman–Crippen MR) is 82.1 cm³/mol. The van der Waals surface area contributed by atoms with Crippen molar-refractivity contribution in [1.82, 2.24) is 14.7 Å². The summed E-state index contributed by atoms with van der Waals surface area (Å²) in [5.74, 6) is 0.143. The fraction of sp³-hybridized carbons (Fsp3) is 0.467. The Bertz CT molecular complexity index is 600. The molecule has 2 aromatic rings. The number of Topliss-reactive ketones (excluding diaryl/α,β-unsaturated/α-hetero) is 1. The topological polar surface area (TPSA) is 38.1 Å². The second-order valence-electron chi connectivity index (χ2n) is 5.14. The van der Waals surface area contributed by atoms with Crippen molar-refractivity contribution in [3.8, 4) is 0 Å². The minimum Gasteiger partial charge on any atom is -0.298 e. The number of carbonyl (C=O) groups is 1. The summed E-state index contributed by atoms with van der Waals surface area (Å²) in [5, 5.41) is 6.53. The van der Waals surface area contributed by atoms with Gasteiger partial charge in [0, 0.05) is 31.4 Å². The summed E-state index contributed by atoms with van der Waals surface area (Å²) < 4.78 is 1.97. The molecule has 0 spiro atoms. The van der Waals surface area contributed by atoms with Crippen LogP contribution in [-0.4, -0.2) is 27.5 Å². The lowest BCUT2D eigenvalue weighted by Crippen LogP contribution is -2.17. The van der Waals surface area contributed by atoms with Gasteiger partial charge in [-0.2, -0.15) is 5.10 Å². The largest absolute Gasteiger partial charge is 0.298 e. The summed E-state index contributed by atoms with van der Waals surface area (Å²) >= 11 is 1.52. The minimum atomic E-state index is 0.143. The molecule has 0 radical (unpaired) electrons. The maximum Gasteiger partial charge on any atom is 0.169 e. The van der Waals surface area contributed by atoms with E-state index < -0.39 is 0 Å². The fourth-order valence-corrected chi connectivity index (χ4v) is 2.98. The van der Waals surface area contributed by atoms with Crippen molar-refractivity contribution in [2.24, 2.45) is 0 Å². The number of rotatable bonds is 6. The van der Waals surface area contributed by atoms with Crippen LogP contribution >= 0.6 is 11.3 Å². The van der Waals surface area contributed by atoms with Gasteiger partial charge in [-0.1, -0.05) is 0 Å². The zero-order valence-corrected chi connectivity index (χ0v) is 13.3. The van der Waals surface area contributed by atoms with Gasteiger partial charge >= 0.3 is 0 Å². The van der Waals surface area contributed by atoms with E-state index in [4.69, 9.17) is 0 Å². The number of hydrogen-bond donors (Lipinski definition) is 0. The van der Waals surface area contributed by atoms with Crippen LogP contribution in [0.2, 0.25) is 0 Å². The molecule has 5 heteroatoms. The highest BCUT2D eigenvalue weighted by Crippen LogP contribution is 2.18. The van der Waals surface area contributed by atoms with Crippen molar-refractivity contribution in [2.45, 2.75) is 40.4 Å². The lowest BCUT2D eigenvalue weighted by Gasteiger charge is -2.15. The van der Waals surface area contributed by atoms with Crippen LogP contribution in [0.4, 0.5) is 0 Å². The van der Waals surface area contributed by atoms with Crippen LogP contribution in [-0.2, 0) is 19.6 Å². The van der Waals surface area contributed by atoms with E-state index in [2.05, 4.69) is 35.5 Å². The molecule has 0 bridgehead atoms. The Labute approximate surface area is 124 Å². The SMILES string of the molecule is CCn1cc(CN(C)Cc2csc(C(C)=O)c2)c(C)n1. The van der Waals surface area contributed by atoms with Gasteiger partial charge < -0.3 is 0 Å². The summed E-state index contributed by atoms with van der Waals surface area (Å²) in [6.45, 7) is 8.37. The Morgan fingerprint density at radius 3 is 2.75 bits per heavy atom. The molecule has 0 aliphatic carbocycles. The standard InChI is InChI=1S/C15H21N3OS/c1-5-18-9-14(11(2)16-18)8-17(4)7-13-6-15(12(3)19)20-10-13/h6,9-10H,5,7-8H2,1-4H3. The van der Waals surface area contributed by atoms with Crippen molar-refractivity contribution < 1.29 is 4.79 Å². The van der Waals surface area contributed by atoms with E-state index in [0.29, 0.717) is 0 Å². The maximum atomic E-state index is 11.3. The van der Waals surface area contributed by atoms with E-state index in [0.717, 1.165) is 30.2 Å². The summed E-state index contributed by atoms with van der Waals surface area (Å²) in [7, 11) is 2.09. The third-order valence-corrected chi connectivity index (χ3v) is 4.35. The molecule has 0 saturated carbocycles. The van der Waals surface area contributed by atoms with Crippen molar-refractivity contribution in [3.05, 3.63) is 39.3 Å². The Morgan fingerprint density at radius 2 is 2.20 bits per heavy atom. The molecule has 2 rings (SSSR count). The van der Waals surface area contributed by atoms with Gasteiger partial charge in [0.15, 0.2) is 5.78 Å². The van der Waals surface area contributed by atoms with Crippen molar-refractivity contribution >= 4 is 17.1 Å². The molecule has 0 aliphatic rings. The molecule has 0 fully saturated rings. The zero-order chi connectivity index (χ0) is 14.7. The number of aromatic nitrogens is 2. The maximum absolute atomic E-state index is 11.3.